The maximum Gasteiger partial charge on any atom is 0.251 e. The van der Waals surface area contributed by atoms with Crippen LogP contribution in [0.4, 0.5) is 0 Å². The normalized spacial score (nSPS) is 9.50. The van der Waals surface area contributed by atoms with Crippen molar-refractivity contribution in [2.45, 2.75) is 0 Å². The lowest BCUT2D eigenvalue weighted by molar-refractivity contribution is 0.0957. The summed E-state index contributed by atoms with van der Waals surface area (Å²) in [6.45, 7) is 3.61. The van der Waals surface area contributed by atoms with Crippen LogP contribution in [0, 0.1) is 0 Å². The van der Waals surface area contributed by atoms with Crippen LogP contribution in [-0.4, -0.2) is 17.4 Å². The average molecular weight is 213 g/mol. The molecule has 0 fully saturated rings. The molecular weight excluding hydrogens is 204 g/mol. The Kier molecular flexibility index (Phi) is 3.48. The van der Waals surface area contributed by atoms with Gasteiger partial charge in [-0.3, -0.25) is 9.59 Å². The molecular formula is C9H9ClN2O2. The molecule has 0 atom stereocenters. The summed E-state index contributed by atoms with van der Waals surface area (Å²) < 4.78 is 0. The molecule has 0 spiro atoms. The summed E-state index contributed by atoms with van der Waals surface area (Å²) in [7, 11) is 0. The van der Waals surface area contributed by atoms with Crippen molar-refractivity contribution in [1.29, 1.82) is 0 Å². The van der Waals surface area contributed by atoms with Gasteiger partial charge in [0.05, 0.1) is 6.54 Å². The van der Waals surface area contributed by atoms with Crippen LogP contribution in [-0.2, 0) is 0 Å². The summed E-state index contributed by atoms with van der Waals surface area (Å²) in [6.07, 6.45) is 1.41. The van der Waals surface area contributed by atoms with Crippen molar-refractivity contribution in [2.75, 3.05) is 6.54 Å². The molecule has 0 aliphatic rings. The third-order valence-electron chi connectivity index (χ3n) is 1.48. The third-order valence-corrected chi connectivity index (χ3v) is 1.61. The standard InChI is InChI=1S/C9H9ClN2O2/c1-6(10)5-12-9(14)7-2-3-11-8(13)4-7/h2-4H,1,5H2,(H,11,13)(H,12,14). The van der Waals surface area contributed by atoms with Gasteiger partial charge in [0, 0.05) is 22.9 Å². The van der Waals surface area contributed by atoms with Gasteiger partial charge in [-0.1, -0.05) is 18.2 Å². The van der Waals surface area contributed by atoms with E-state index in [4.69, 9.17) is 11.6 Å². The number of carbonyl (C=O) groups excluding carboxylic acids is 1. The number of nitrogens with one attached hydrogen (secondary N) is 2. The molecule has 1 aromatic heterocycles. The van der Waals surface area contributed by atoms with E-state index >= 15 is 0 Å². The fourth-order valence-corrected chi connectivity index (χ4v) is 0.931. The molecule has 0 unspecified atom stereocenters. The number of carbonyl (C=O) groups is 1. The van der Waals surface area contributed by atoms with Gasteiger partial charge in [-0.25, -0.2) is 0 Å². The Bertz CT molecular complexity index is 411. The van der Waals surface area contributed by atoms with Crippen LogP contribution >= 0.6 is 11.6 Å². The van der Waals surface area contributed by atoms with Crippen molar-refractivity contribution in [3.63, 3.8) is 0 Å². The number of aromatic amines is 1. The van der Waals surface area contributed by atoms with Crippen molar-refractivity contribution in [1.82, 2.24) is 10.3 Å². The van der Waals surface area contributed by atoms with Gasteiger partial charge in [0.15, 0.2) is 0 Å². The largest absolute Gasteiger partial charge is 0.347 e. The van der Waals surface area contributed by atoms with E-state index in [1.807, 2.05) is 0 Å². The van der Waals surface area contributed by atoms with Gasteiger partial charge in [0.25, 0.3) is 5.91 Å². The molecule has 0 radical (unpaired) electrons. The van der Waals surface area contributed by atoms with Crippen LogP contribution in [0.25, 0.3) is 0 Å². The minimum Gasteiger partial charge on any atom is -0.347 e. The van der Waals surface area contributed by atoms with E-state index in [1.165, 1.54) is 18.3 Å². The van der Waals surface area contributed by atoms with E-state index in [9.17, 15) is 9.59 Å². The molecule has 4 nitrogen and oxygen atoms in total. The molecule has 1 amide bonds. The lowest BCUT2D eigenvalue weighted by Gasteiger charge is -2.02. The Morgan fingerprint density at radius 1 is 1.64 bits per heavy atom. The van der Waals surface area contributed by atoms with Crippen molar-refractivity contribution in [2.24, 2.45) is 0 Å². The van der Waals surface area contributed by atoms with Gasteiger partial charge in [-0.2, -0.15) is 0 Å². The van der Waals surface area contributed by atoms with Gasteiger partial charge in [-0.15, -0.1) is 0 Å². The molecule has 0 aromatic carbocycles. The topological polar surface area (TPSA) is 62.0 Å². The second kappa shape index (κ2) is 4.62. The third kappa shape index (κ3) is 3.06. The van der Waals surface area contributed by atoms with Gasteiger partial charge in [0.2, 0.25) is 5.56 Å². The molecule has 1 rings (SSSR count). The number of rotatable bonds is 3. The van der Waals surface area contributed by atoms with Gasteiger partial charge in [-0.05, 0) is 6.07 Å². The first-order valence-corrected chi connectivity index (χ1v) is 4.27. The summed E-state index contributed by atoms with van der Waals surface area (Å²) >= 11 is 5.46. The van der Waals surface area contributed by atoms with Crippen LogP contribution in [0.3, 0.4) is 0 Å². The maximum absolute atomic E-state index is 11.3. The minimum atomic E-state index is -0.349. The molecule has 1 heterocycles. The van der Waals surface area contributed by atoms with Crippen LogP contribution < -0.4 is 10.9 Å². The highest BCUT2D eigenvalue weighted by molar-refractivity contribution is 6.29. The number of hydrogen-bond acceptors (Lipinski definition) is 2. The maximum atomic E-state index is 11.3. The summed E-state index contributed by atoms with van der Waals surface area (Å²) in [6, 6.07) is 2.72. The average Bonchev–Trinajstić information content (AvgIpc) is 2.14. The summed E-state index contributed by atoms with van der Waals surface area (Å²) in [5.41, 5.74) is -0.0194. The number of pyridine rings is 1. The number of H-pyrrole nitrogens is 1. The SMILES string of the molecule is C=C(Cl)CNC(=O)c1cc[nH]c(=O)c1. The fraction of sp³-hybridized carbons (Fsp3) is 0.111. The monoisotopic (exact) mass is 212 g/mol. The van der Waals surface area contributed by atoms with Crippen molar-refractivity contribution in [3.05, 3.63) is 45.9 Å². The fourth-order valence-electron chi connectivity index (χ4n) is 0.864. The highest BCUT2D eigenvalue weighted by Crippen LogP contribution is 1.96. The zero-order valence-electron chi connectivity index (χ0n) is 7.34. The summed E-state index contributed by atoms with van der Waals surface area (Å²) in [5.74, 6) is -0.349. The second-order valence-electron chi connectivity index (χ2n) is 2.64. The second-order valence-corrected chi connectivity index (χ2v) is 3.18. The van der Waals surface area contributed by atoms with E-state index in [0.717, 1.165) is 0 Å². The quantitative estimate of drug-likeness (QED) is 0.781. The Labute approximate surface area is 85.6 Å². The first-order valence-electron chi connectivity index (χ1n) is 3.90. The van der Waals surface area contributed by atoms with Crippen LogP contribution in [0.5, 0.6) is 0 Å². The van der Waals surface area contributed by atoms with E-state index < -0.39 is 0 Å². The first-order chi connectivity index (χ1) is 6.59. The number of aromatic nitrogens is 1. The van der Waals surface area contributed by atoms with Crippen molar-refractivity contribution in [3.8, 4) is 0 Å². The predicted octanol–water partition coefficient (Wildman–Crippen LogP) is 0.857. The molecule has 0 saturated heterocycles. The van der Waals surface area contributed by atoms with Crippen molar-refractivity contribution >= 4 is 17.5 Å². The molecule has 0 bridgehead atoms. The molecule has 5 heteroatoms. The molecule has 1 aromatic rings. The van der Waals surface area contributed by atoms with E-state index in [0.29, 0.717) is 10.6 Å². The Balaban J connectivity index is 2.70. The first kappa shape index (κ1) is 10.5. The summed E-state index contributed by atoms with van der Waals surface area (Å²) in [4.78, 5) is 24.6. The van der Waals surface area contributed by atoms with Crippen LogP contribution in [0.15, 0.2) is 34.7 Å². The minimum absolute atomic E-state index is 0.188. The predicted molar refractivity (Wildman–Crippen MR) is 54.4 cm³/mol. The van der Waals surface area contributed by atoms with Crippen molar-refractivity contribution < 1.29 is 4.79 Å². The zero-order chi connectivity index (χ0) is 10.6. The Morgan fingerprint density at radius 3 is 2.93 bits per heavy atom. The highest BCUT2D eigenvalue weighted by atomic mass is 35.5. The van der Waals surface area contributed by atoms with Gasteiger partial charge < -0.3 is 10.3 Å². The number of hydrogen-bond donors (Lipinski definition) is 2. The lowest BCUT2D eigenvalue weighted by atomic mass is 10.2. The zero-order valence-corrected chi connectivity index (χ0v) is 8.10. The molecule has 0 saturated carbocycles. The van der Waals surface area contributed by atoms with Gasteiger partial charge in [0.1, 0.15) is 0 Å². The highest BCUT2D eigenvalue weighted by Gasteiger charge is 2.04. The van der Waals surface area contributed by atoms with E-state index in [-0.39, 0.29) is 18.0 Å². The smallest absolute Gasteiger partial charge is 0.251 e. The molecule has 0 aliphatic carbocycles. The van der Waals surface area contributed by atoms with Crippen LogP contribution in [0.1, 0.15) is 10.4 Å². The summed E-state index contributed by atoms with van der Waals surface area (Å²) in [5, 5.41) is 2.84. The molecule has 74 valence electrons. The van der Waals surface area contributed by atoms with Crippen LogP contribution in [0.2, 0.25) is 0 Å². The lowest BCUT2D eigenvalue weighted by Crippen LogP contribution is -2.25. The molecule has 0 aliphatic heterocycles. The molecule has 14 heavy (non-hydrogen) atoms. The number of amides is 1. The Morgan fingerprint density at radius 2 is 2.36 bits per heavy atom. The number of halogens is 1. The van der Waals surface area contributed by atoms with Gasteiger partial charge >= 0.3 is 0 Å². The van der Waals surface area contributed by atoms with E-state index in [1.54, 1.807) is 0 Å². The van der Waals surface area contributed by atoms with E-state index in [2.05, 4.69) is 16.9 Å². The molecule has 2 N–H and O–H groups in total. The Hall–Kier alpha value is -1.55.